The Morgan fingerprint density at radius 3 is 1.76 bits per heavy atom. The zero-order valence-corrected chi connectivity index (χ0v) is 11.9. The first-order valence-electron chi connectivity index (χ1n) is 7.57. The Morgan fingerprint density at radius 2 is 1.35 bits per heavy atom. The molecular weight excluding hydrogens is 212 g/mol. The van der Waals surface area contributed by atoms with Crippen molar-refractivity contribution in [2.75, 3.05) is 13.2 Å². The molecular formula is C15H32O2. The first kappa shape index (κ1) is 16.9. The molecule has 0 fully saturated rings. The van der Waals surface area contributed by atoms with Gasteiger partial charge in [-0.1, -0.05) is 65.2 Å². The van der Waals surface area contributed by atoms with Crippen LogP contribution in [0.15, 0.2) is 0 Å². The molecule has 104 valence electrons. The Labute approximate surface area is 108 Å². The molecule has 0 radical (unpaired) electrons. The van der Waals surface area contributed by atoms with Crippen molar-refractivity contribution in [3.8, 4) is 0 Å². The quantitative estimate of drug-likeness (QED) is 0.489. The molecule has 0 spiro atoms. The van der Waals surface area contributed by atoms with E-state index in [2.05, 4.69) is 13.8 Å². The maximum Gasteiger partial charge on any atom is 0.0701 e. The van der Waals surface area contributed by atoms with Gasteiger partial charge in [-0.25, -0.2) is 0 Å². The fourth-order valence-electron chi connectivity index (χ4n) is 2.13. The summed E-state index contributed by atoms with van der Waals surface area (Å²) >= 11 is 0. The van der Waals surface area contributed by atoms with Crippen molar-refractivity contribution >= 4 is 0 Å². The van der Waals surface area contributed by atoms with Crippen molar-refractivity contribution < 1.29 is 9.84 Å². The third kappa shape index (κ3) is 12.2. The van der Waals surface area contributed by atoms with E-state index in [-0.39, 0.29) is 6.61 Å². The van der Waals surface area contributed by atoms with Crippen LogP contribution < -0.4 is 0 Å². The fraction of sp³-hybridized carbons (Fsp3) is 1.00. The molecule has 0 saturated heterocycles. The summed E-state index contributed by atoms with van der Waals surface area (Å²) in [6, 6.07) is 0. The normalized spacial score (nSPS) is 11.3. The number of rotatable bonds is 13. The zero-order chi connectivity index (χ0) is 12.8. The van der Waals surface area contributed by atoms with Gasteiger partial charge >= 0.3 is 0 Å². The van der Waals surface area contributed by atoms with Crippen LogP contribution in [0.3, 0.4) is 0 Å². The van der Waals surface area contributed by atoms with E-state index >= 15 is 0 Å². The smallest absolute Gasteiger partial charge is 0.0701 e. The average Bonchev–Trinajstić information content (AvgIpc) is 2.35. The SMILES string of the molecule is CCCCCCC(CCCCCC)OCCO. The minimum Gasteiger partial charge on any atom is -0.394 e. The van der Waals surface area contributed by atoms with Crippen LogP contribution in [0.5, 0.6) is 0 Å². The van der Waals surface area contributed by atoms with Gasteiger partial charge < -0.3 is 9.84 Å². The maximum atomic E-state index is 8.81. The molecule has 2 nitrogen and oxygen atoms in total. The number of hydrogen-bond donors (Lipinski definition) is 1. The Kier molecular flexibility index (Phi) is 13.9. The Bertz CT molecular complexity index is 125. The van der Waals surface area contributed by atoms with Gasteiger partial charge in [0.1, 0.15) is 0 Å². The Balaban J connectivity index is 3.56. The van der Waals surface area contributed by atoms with Crippen LogP contribution in [0.4, 0.5) is 0 Å². The highest BCUT2D eigenvalue weighted by molar-refractivity contribution is 4.59. The van der Waals surface area contributed by atoms with E-state index in [0.717, 1.165) is 0 Å². The molecule has 0 unspecified atom stereocenters. The van der Waals surface area contributed by atoms with Gasteiger partial charge in [0.05, 0.1) is 19.3 Å². The number of hydrogen-bond acceptors (Lipinski definition) is 2. The molecule has 0 saturated carbocycles. The summed E-state index contributed by atoms with van der Waals surface area (Å²) in [5, 5.41) is 8.81. The minimum atomic E-state index is 0.153. The predicted octanol–water partition coefficient (Wildman–Crippen LogP) is 4.30. The number of aliphatic hydroxyl groups is 1. The lowest BCUT2D eigenvalue weighted by molar-refractivity contribution is 0.0167. The van der Waals surface area contributed by atoms with Crippen molar-refractivity contribution in [1.82, 2.24) is 0 Å². The highest BCUT2D eigenvalue weighted by atomic mass is 16.5. The van der Waals surface area contributed by atoms with E-state index in [1.54, 1.807) is 0 Å². The number of aliphatic hydroxyl groups excluding tert-OH is 1. The van der Waals surface area contributed by atoms with E-state index in [0.29, 0.717) is 12.7 Å². The van der Waals surface area contributed by atoms with Gasteiger partial charge in [-0.3, -0.25) is 0 Å². The van der Waals surface area contributed by atoms with Gasteiger partial charge in [0, 0.05) is 0 Å². The van der Waals surface area contributed by atoms with E-state index in [4.69, 9.17) is 9.84 Å². The molecule has 0 atom stereocenters. The molecule has 0 aliphatic carbocycles. The molecule has 0 aromatic rings. The Morgan fingerprint density at radius 1 is 0.824 bits per heavy atom. The Hall–Kier alpha value is -0.0800. The van der Waals surface area contributed by atoms with E-state index in [1.807, 2.05) is 0 Å². The zero-order valence-electron chi connectivity index (χ0n) is 11.9. The van der Waals surface area contributed by atoms with Gasteiger partial charge in [0.15, 0.2) is 0 Å². The minimum absolute atomic E-state index is 0.153. The molecule has 0 aromatic carbocycles. The summed E-state index contributed by atoms with van der Waals surface area (Å²) in [5.74, 6) is 0. The third-order valence-electron chi connectivity index (χ3n) is 3.20. The second kappa shape index (κ2) is 14.0. The summed E-state index contributed by atoms with van der Waals surface area (Å²) < 4.78 is 5.70. The van der Waals surface area contributed by atoms with E-state index in [9.17, 15) is 0 Å². The van der Waals surface area contributed by atoms with Gasteiger partial charge in [0.2, 0.25) is 0 Å². The van der Waals surface area contributed by atoms with Gasteiger partial charge in [-0.15, -0.1) is 0 Å². The molecule has 0 bridgehead atoms. The molecule has 0 aliphatic rings. The number of unbranched alkanes of at least 4 members (excludes halogenated alkanes) is 6. The third-order valence-corrected chi connectivity index (χ3v) is 3.20. The largest absolute Gasteiger partial charge is 0.394 e. The highest BCUT2D eigenvalue weighted by Crippen LogP contribution is 2.15. The standard InChI is InChI=1S/C15H32O2/c1-3-5-7-9-11-15(17-14-13-16)12-10-8-6-4-2/h15-16H,3-14H2,1-2H3. The molecule has 0 heterocycles. The molecule has 0 rings (SSSR count). The van der Waals surface area contributed by atoms with Crippen LogP contribution in [0, 0.1) is 0 Å². The predicted molar refractivity (Wildman–Crippen MR) is 74.3 cm³/mol. The summed E-state index contributed by atoms with van der Waals surface area (Å²) in [6.45, 7) is 5.14. The topological polar surface area (TPSA) is 29.5 Å². The summed E-state index contributed by atoms with van der Waals surface area (Å²) in [5.41, 5.74) is 0. The fourth-order valence-corrected chi connectivity index (χ4v) is 2.13. The van der Waals surface area contributed by atoms with Crippen LogP contribution in [0.2, 0.25) is 0 Å². The van der Waals surface area contributed by atoms with E-state index < -0.39 is 0 Å². The lowest BCUT2D eigenvalue weighted by Crippen LogP contribution is -2.15. The van der Waals surface area contributed by atoms with Gasteiger partial charge in [-0.2, -0.15) is 0 Å². The summed E-state index contributed by atoms with van der Waals surface area (Å²) in [6.07, 6.45) is 13.2. The van der Waals surface area contributed by atoms with Crippen LogP contribution in [0.25, 0.3) is 0 Å². The van der Waals surface area contributed by atoms with Crippen LogP contribution in [-0.2, 0) is 4.74 Å². The molecule has 1 N–H and O–H groups in total. The monoisotopic (exact) mass is 244 g/mol. The van der Waals surface area contributed by atoms with Crippen molar-refractivity contribution in [3.05, 3.63) is 0 Å². The van der Waals surface area contributed by atoms with Crippen molar-refractivity contribution in [2.24, 2.45) is 0 Å². The van der Waals surface area contributed by atoms with Crippen LogP contribution >= 0.6 is 0 Å². The average molecular weight is 244 g/mol. The van der Waals surface area contributed by atoms with Crippen molar-refractivity contribution in [3.63, 3.8) is 0 Å². The second-order valence-electron chi connectivity index (χ2n) is 4.92. The van der Waals surface area contributed by atoms with E-state index in [1.165, 1.54) is 64.2 Å². The molecule has 0 amide bonds. The lowest BCUT2D eigenvalue weighted by atomic mass is 10.0. The summed E-state index contributed by atoms with van der Waals surface area (Å²) in [4.78, 5) is 0. The van der Waals surface area contributed by atoms with Gasteiger partial charge in [0.25, 0.3) is 0 Å². The molecule has 2 heteroatoms. The maximum absolute atomic E-state index is 8.81. The van der Waals surface area contributed by atoms with Crippen LogP contribution in [-0.4, -0.2) is 24.4 Å². The first-order valence-corrected chi connectivity index (χ1v) is 7.57. The lowest BCUT2D eigenvalue weighted by Gasteiger charge is -2.17. The first-order chi connectivity index (χ1) is 8.35. The summed E-state index contributed by atoms with van der Waals surface area (Å²) in [7, 11) is 0. The molecule has 0 aliphatic heterocycles. The van der Waals surface area contributed by atoms with Gasteiger partial charge in [-0.05, 0) is 12.8 Å². The molecule has 17 heavy (non-hydrogen) atoms. The van der Waals surface area contributed by atoms with Crippen molar-refractivity contribution in [1.29, 1.82) is 0 Å². The highest BCUT2D eigenvalue weighted by Gasteiger charge is 2.08. The second-order valence-corrected chi connectivity index (χ2v) is 4.92. The number of ether oxygens (including phenoxy) is 1. The van der Waals surface area contributed by atoms with Crippen LogP contribution in [0.1, 0.15) is 78.1 Å². The molecule has 0 aromatic heterocycles. The van der Waals surface area contributed by atoms with Crippen molar-refractivity contribution in [2.45, 2.75) is 84.2 Å².